The second kappa shape index (κ2) is 2.38. The zero-order valence-electron chi connectivity index (χ0n) is 5.84. The van der Waals surface area contributed by atoms with Crippen molar-refractivity contribution in [1.29, 1.82) is 0 Å². The van der Waals surface area contributed by atoms with Gasteiger partial charge in [0, 0.05) is 11.3 Å². The zero-order chi connectivity index (χ0) is 8.72. The quantitative estimate of drug-likeness (QED) is 0.573. The number of halogens is 2. The lowest BCUT2D eigenvalue weighted by atomic mass is 10.3. The molecule has 1 aliphatic rings. The van der Waals surface area contributed by atoms with Crippen LogP contribution >= 0.6 is 11.6 Å². The van der Waals surface area contributed by atoms with E-state index in [9.17, 15) is 9.18 Å². The highest BCUT2D eigenvalue weighted by Gasteiger charge is 2.08. The number of rotatable bonds is 0. The molecule has 1 amide bonds. The summed E-state index contributed by atoms with van der Waals surface area (Å²) in [5.41, 5.74) is 0. The van der Waals surface area contributed by atoms with E-state index >= 15 is 0 Å². The number of fused-ring (bicyclic) bond motifs is 1. The summed E-state index contributed by atoms with van der Waals surface area (Å²) in [6, 6.07) is 2.62. The first-order valence-electron chi connectivity index (χ1n) is 3.27. The maximum absolute atomic E-state index is 12.8. The summed E-state index contributed by atoms with van der Waals surface area (Å²) in [5, 5.41) is 0.773. The molecule has 0 aliphatic carbocycles. The minimum Gasteiger partial charge on any atom is -0.267 e. The first-order valence-corrected chi connectivity index (χ1v) is 3.65. The van der Waals surface area contributed by atoms with Crippen LogP contribution in [0.25, 0.3) is 6.08 Å². The van der Waals surface area contributed by atoms with Crippen LogP contribution in [0.4, 0.5) is 4.39 Å². The number of carbonyl (C=O) groups is 1. The molecule has 1 aromatic rings. The average molecular weight is 184 g/mol. The molecule has 0 fully saturated rings. The standard InChI is InChI=1S/C8H3ClFNO/c9-8-4-3-7(12)11-6(4)2-1-5(8)10/h1-3H. The van der Waals surface area contributed by atoms with E-state index in [-0.39, 0.29) is 5.02 Å². The largest absolute Gasteiger partial charge is 0.271 e. The first kappa shape index (κ1) is 7.43. The smallest absolute Gasteiger partial charge is 0.267 e. The Morgan fingerprint density at radius 1 is 1.42 bits per heavy atom. The van der Waals surface area contributed by atoms with Crippen LogP contribution < -0.4 is 10.6 Å². The van der Waals surface area contributed by atoms with Crippen LogP contribution in [0.3, 0.4) is 0 Å². The van der Waals surface area contributed by atoms with Crippen LogP contribution in [0.1, 0.15) is 0 Å². The Morgan fingerprint density at radius 3 is 2.92 bits per heavy atom. The number of hydrogen-bond donors (Lipinski definition) is 0. The molecule has 0 saturated heterocycles. The van der Waals surface area contributed by atoms with Gasteiger partial charge in [0.15, 0.2) is 0 Å². The van der Waals surface area contributed by atoms with Crippen LogP contribution in [-0.2, 0) is 4.79 Å². The molecule has 1 aliphatic heterocycles. The summed E-state index contributed by atoms with van der Waals surface area (Å²) in [5.74, 6) is -0.922. The van der Waals surface area contributed by atoms with Gasteiger partial charge in [-0.05, 0) is 12.1 Å². The van der Waals surface area contributed by atoms with Gasteiger partial charge in [0.25, 0.3) is 5.91 Å². The van der Waals surface area contributed by atoms with Gasteiger partial charge in [0.05, 0.1) is 10.4 Å². The van der Waals surface area contributed by atoms with Crippen molar-refractivity contribution in [1.82, 2.24) is 0 Å². The summed E-state index contributed by atoms with van der Waals surface area (Å²) in [4.78, 5) is 14.4. The maximum Gasteiger partial charge on any atom is 0.271 e. The van der Waals surface area contributed by atoms with Gasteiger partial charge < -0.3 is 0 Å². The van der Waals surface area contributed by atoms with E-state index in [1.54, 1.807) is 0 Å². The molecule has 4 heteroatoms. The number of hydrogen-bond acceptors (Lipinski definition) is 1. The summed E-state index contributed by atoms with van der Waals surface area (Å²) in [7, 11) is 0. The fourth-order valence-electron chi connectivity index (χ4n) is 1.07. The molecule has 0 unspecified atom stereocenters. The Labute approximate surface area is 72.0 Å². The molecule has 0 aromatic heterocycles. The lowest BCUT2D eigenvalue weighted by molar-refractivity contribution is -0.112. The van der Waals surface area contributed by atoms with Gasteiger partial charge in [-0.3, -0.25) is 4.79 Å². The van der Waals surface area contributed by atoms with E-state index in [0.29, 0.717) is 10.6 Å². The molecule has 0 radical (unpaired) electrons. The Bertz CT molecular complexity index is 481. The molecule has 12 heavy (non-hydrogen) atoms. The second-order valence-electron chi connectivity index (χ2n) is 2.39. The third kappa shape index (κ3) is 0.940. The fourth-order valence-corrected chi connectivity index (χ4v) is 1.28. The molecule has 60 valence electrons. The van der Waals surface area contributed by atoms with Crippen molar-refractivity contribution in [3.8, 4) is 0 Å². The molecule has 2 rings (SSSR count). The normalized spacial score (nSPS) is 13.7. The van der Waals surface area contributed by atoms with Crippen LogP contribution in [0.5, 0.6) is 0 Å². The minimum atomic E-state index is -0.531. The van der Waals surface area contributed by atoms with E-state index in [1.807, 2.05) is 0 Å². The lowest BCUT2D eigenvalue weighted by Gasteiger charge is -1.90. The van der Waals surface area contributed by atoms with Gasteiger partial charge in [-0.1, -0.05) is 11.6 Å². The Kier molecular flexibility index (Phi) is 1.48. The van der Waals surface area contributed by atoms with Gasteiger partial charge in [0.2, 0.25) is 0 Å². The molecule has 0 saturated carbocycles. The van der Waals surface area contributed by atoms with E-state index in [0.717, 1.165) is 0 Å². The van der Waals surface area contributed by atoms with Crippen molar-refractivity contribution < 1.29 is 9.18 Å². The second-order valence-corrected chi connectivity index (χ2v) is 2.77. The lowest BCUT2D eigenvalue weighted by Crippen LogP contribution is -2.23. The van der Waals surface area contributed by atoms with Crippen molar-refractivity contribution in [2.45, 2.75) is 0 Å². The highest BCUT2D eigenvalue weighted by atomic mass is 35.5. The predicted molar refractivity (Wildman–Crippen MR) is 41.7 cm³/mol. The van der Waals surface area contributed by atoms with Crippen molar-refractivity contribution in [3.63, 3.8) is 0 Å². The van der Waals surface area contributed by atoms with E-state index in [2.05, 4.69) is 4.99 Å². The molecule has 1 heterocycles. The Balaban J connectivity index is 2.96. The maximum atomic E-state index is 12.8. The third-order valence-electron chi connectivity index (χ3n) is 1.61. The topological polar surface area (TPSA) is 29.4 Å². The molecule has 0 atom stereocenters. The van der Waals surface area contributed by atoms with Crippen molar-refractivity contribution in [2.24, 2.45) is 4.99 Å². The highest BCUT2D eigenvalue weighted by Crippen LogP contribution is 2.06. The predicted octanol–water partition coefficient (Wildman–Crippen LogP) is 0.419. The van der Waals surface area contributed by atoms with Crippen molar-refractivity contribution in [2.75, 3.05) is 0 Å². The summed E-state index contributed by atoms with van der Waals surface area (Å²) >= 11 is 5.59. The van der Waals surface area contributed by atoms with E-state index in [1.165, 1.54) is 18.2 Å². The average Bonchev–Trinajstić information content (AvgIpc) is 2.39. The molecular weight excluding hydrogens is 181 g/mol. The van der Waals surface area contributed by atoms with Gasteiger partial charge in [-0.15, -0.1) is 0 Å². The van der Waals surface area contributed by atoms with Crippen LogP contribution in [0, 0.1) is 5.82 Å². The summed E-state index contributed by atoms with van der Waals surface area (Å²) in [6.07, 6.45) is 1.22. The molecule has 0 spiro atoms. The van der Waals surface area contributed by atoms with Crippen molar-refractivity contribution >= 4 is 23.6 Å². The molecular formula is C8H3ClFNO. The molecule has 1 aromatic carbocycles. The van der Waals surface area contributed by atoms with Crippen LogP contribution in [0.2, 0.25) is 5.02 Å². The van der Waals surface area contributed by atoms with Crippen LogP contribution in [0.15, 0.2) is 17.1 Å². The van der Waals surface area contributed by atoms with E-state index < -0.39 is 11.7 Å². The molecule has 0 bridgehead atoms. The first-order chi connectivity index (χ1) is 5.68. The van der Waals surface area contributed by atoms with Gasteiger partial charge in [-0.2, -0.15) is 0 Å². The Morgan fingerprint density at radius 2 is 2.17 bits per heavy atom. The molecule has 0 N–H and O–H groups in total. The minimum absolute atomic E-state index is 0.0397. The fraction of sp³-hybridized carbons (Fsp3) is 0. The monoisotopic (exact) mass is 183 g/mol. The highest BCUT2D eigenvalue weighted by molar-refractivity contribution is 6.31. The molecule has 2 nitrogen and oxygen atoms in total. The van der Waals surface area contributed by atoms with Gasteiger partial charge in [-0.25, -0.2) is 9.38 Å². The number of amides is 1. The number of nitrogens with zero attached hydrogens (tertiary/aromatic N) is 1. The third-order valence-corrected chi connectivity index (χ3v) is 1.99. The number of benzene rings is 1. The Hall–Kier alpha value is -1.22. The van der Waals surface area contributed by atoms with Crippen molar-refractivity contribution in [3.05, 3.63) is 33.5 Å². The number of carbonyl (C=O) groups excluding carboxylic acids is 1. The van der Waals surface area contributed by atoms with E-state index in [4.69, 9.17) is 11.6 Å². The summed E-state index contributed by atoms with van der Waals surface area (Å²) < 4.78 is 12.8. The zero-order valence-corrected chi connectivity index (χ0v) is 6.60. The summed E-state index contributed by atoms with van der Waals surface area (Å²) in [6.45, 7) is 0. The van der Waals surface area contributed by atoms with Gasteiger partial charge in [0.1, 0.15) is 5.82 Å². The van der Waals surface area contributed by atoms with Gasteiger partial charge >= 0.3 is 0 Å². The van der Waals surface area contributed by atoms with Crippen LogP contribution in [-0.4, -0.2) is 5.91 Å². The SMILES string of the molecule is O=C1C=c2c(Cl)c(F)ccc2=N1.